The van der Waals surface area contributed by atoms with E-state index in [4.69, 9.17) is 33.3 Å². The van der Waals surface area contributed by atoms with Gasteiger partial charge in [-0.3, -0.25) is 9.78 Å². The van der Waals surface area contributed by atoms with Crippen molar-refractivity contribution in [2.45, 2.75) is 45.4 Å². The van der Waals surface area contributed by atoms with Crippen molar-refractivity contribution < 1.29 is 9.53 Å². The van der Waals surface area contributed by atoms with Gasteiger partial charge in [0.05, 0.1) is 10.0 Å². The van der Waals surface area contributed by atoms with Crippen LogP contribution in [0.2, 0.25) is 10.0 Å². The van der Waals surface area contributed by atoms with E-state index in [9.17, 15) is 9.59 Å². The topological polar surface area (TPSA) is 123 Å². The van der Waals surface area contributed by atoms with Crippen LogP contribution in [0.15, 0.2) is 23.0 Å². The maximum atomic E-state index is 12.7. The summed E-state index contributed by atoms with van der Waals surface area (Å²) >= 11 is 12.0. The van der Waals surface area contributed by atoms with Crippen molar-refractivity contribution in [3.63, 3.8) is 0 Å². The number of hydrogen-bond acceptors (Lipinski definition) is 7. The Morgan fingerprint density at radius 2 is 2.12 bits per heavy atom. The number of nitrogens with zero attached hydrogens (tertiary/aromatic N) is 2. The predicted octanol–water partition coefficient (Wildman–Crippen LogP) is 4.11. The first-order valence-electron chi connectivity index (χ1n) is 10.1. The molecule has 2 aromatic rings. The average Bonchev–Trinajstić information content (AvgIpc) is 3.18. The molecule has 1 aromatic carbocycles. The lowest BCUT2D eigenvalue weighted by molar-refractivity contribution is 0.0293. The molecule has 1 atom stereocenters. The van der Waals surface area contributed by atoms with Crippen LogP contribution in [0.5, 0.6) is 0 Å². The summed E-state index contributed by atoms with van der Waals surface area (Å²) in [6.07, 6.45) is 1.28. The Balaban J connectivity index is 1.66. The Kier molecular flexibility index (Phi) is 7.30. The number of halogens is 2. The number of aromatic nitrogens is 2. The van der Waals surface area contributed by atoms with Crippen LogP contribution in [-0.2, 0) is 11.3 Å². The van der Waals surface area contributed by atoms with Gasteiger partial charge in [-0.15, -0.1) is 0 Å². The van der Waals surface area contributed by atoms with Gasteiger partial charge in [-0.1, -0.05) is 29.3 Å². The summed E-state index contributed by atoms with van der Waals surface area (Å²) in [4.78, 5) is 33.5. The lowest BCUT2D eigenvalue weighted by atomic mass is 10.2. The third kappa shape index (κ3) is 6.14. The van der Waals surface area contributed by atoms with Crippen LogP contribution in [0, 0.1) is 5.41 Å². The quantitative estimate of drug-likeness (QED) is 0.461. The molecular formula is C21H26Cl2N6O3. The van der Waals surface area contributed by atoms with E-state index in [1.807, 2.05) is 26.8 Å². The van der Waals surface area contributed by atoms with Crippen molar-refractivity contribution in [1.29, 1.82) is 5.41 Å². The van der Waals surface area contributed by atoms with E-state index in [0.29, 0.717) is 36.1 Å². The zero-order chi connectivity index (χ0) is 23.5. The molecule has 1 saturated heterocycles. The standard InChI is InChI=1S/C21H26Cl2N6O3/c1-21(2,3)32-20(31)29-7-6-13(11-29)26-17-16(9-24)27-19(28-18(17)30)25-10-12-4-5-14(22)15(23)8-12/h4-5,8-9,13,24,26H,6-7,10-11H2,1-3H3,(H2,25,27,28,30). The van der Waals surface area contributed by atoms with E-state index in [1.54, 1.807) is 17.0 Å². The molecular weight excluding hydrogens is 455 g/mol. The van der Waals surface area contributed by atoms with Crippen molar-refractivity contribution >= 4 is 47.1 Å². The van der Waals surface area contributed by atoms with E-state index in [0.717, 1.165) is 11.8 Å². The summed E-state index contributed by atoms with van der Waals surface area (Å²) in [5, 5.41) is 14.7. The molecule has 4 N–H and O–H groups in total. The van der Waals surface area contributed by atoms with Gasteiger partial charge in [0.15, 0.2) is 0 Å². The number of carbonyl (C=O) groups excluding carboxylic acids is 1. The molecule has 0 radical (unpaired) electrons. The minimum atomic E-state index is -0.572. The van der Waals surface area contributed by atoms with Crippen molar-refractivity contribution in [2.75, 3.05) is 23.7 Å². The van der Waals surface area contributed by atoms with Crippen LogP contribution in [0.4, 0.5) is 16.4 Å². The normalized spacial score (nSPS) is 16.0. The predicted molar refractivity (Wildman–Crippen MR) is 126 cm³/mol. The van der Waals surface area contributed by atoms with Gasteiger partial charge >= 0.3 is 6.09 Å². The van der Waals surface area contributed by atoms with Crippen LogP contribution in [-0.4, -0.2) is 51.9 Å². The highest BCUT2D eigenvalue weighted by molar-refractivity contribution is 6.42. The molecule has 1 amide bonds. The molecule has 0 bridgehead atoms. The molecule has 1 aliphatic rings. The molecule has 0 spiro atoms. The van der Waals surface area contributed by atoms with Gasteiger partial charge in [0.1, 0.15) is 17.0 Å². The maximum absolute atomic E-state index is 12.7. The fourth-order valence-electron chi connectivity index (χ4n) is 3.23. The number of carbonyl (C=O) groups is 1. The Bertz CT molecular complexity index is 1070. The molecule has 2 heterocycles. The smallest absolute Gasteiger partial charge is 0.410 e. The Labute approximate surface area is 196 Å². The van der Waals surface area contributed by atoms with Crippen LogP contribution in [0.1, 0.15) is 38.4 Å². The highest BCUT2D eigenvalue weighted by Crippen LogP contribution is 2.23. The largest absolute Gasteiger partial charge is 0.444 e. The van der Waals surface area contributed by atoms with Crippen LogP contribution in [0.25, 0.3) is 0 Å². The summed E-state index contributed by atoms with van der Waals surface area (Å²) in [6.45, 7) is 6.71. The SMILES string of the molecule is CC(C)(C)OC(=O)N1CCC(Nc2c(C=N)nc(NCc3ccc(Cl)c(Cl)c3)[nH]c2=O)C1. The zero-order valence-corrected chi connectivity index (χ0v) is 19.6. The first kappa shape index (κ1) is 23.9. The summed E-state index contributed by atoms with van der Waals surface area (Å²) in [7, 11) is 0. The Morgan fingerprint density at radius 3 is 2.78 bits per heavy atom. The number of aromatic amines is 1. The number of benzene rings is 1. The summed E-state index contributed by atoms with van der Waals surface area (Å²) < 4.78 is 5.40. The molecule has 0 aliphatic carbocycles. The van der Waals surface area contributed by atoms with Crippen molar-refractivity contribution in [3.8, 4) is 0 Å². The molecule has 9 nitrogen and oxygen atoms in total. The molecule has 1 aromatic heterocycles. The van der Waals surface area contributed by atoms with Crippen molar-refractivity contribution in [1.82, 2.24) is 14.9 Å². The Morgan fingerprint density at radius 1 is 1.38 bits per heavy atom. The molecule has 3 rings (SSSR count). The number of ether oxygens (including phenoxy) is 1. The average molecular weight is 481 g/mol. The second-order valence-electron chi connectivity index (χ2n) is 8.48. The zero-order valence-electron chi connectivity index (χ0n) is 18.1. The van der Waals surface area contributed by atoms with Gasteiger partial charge in [0.2, 0.25) is 5.95 Å². The minimum absolute atomic E-state index is 0.154. The first-order valence-corrected chi connectivity index (χ1v) is 10.9. The molecule has 1 aliphatic heterocycles. The second kappa shape index (κ2) is 9.79. The Hall–Kier alpha value is -2.78. The fourth-order valence-corrected chi connectivity index (χ4v) is 3.55. The number of likely N-dealkylation sites (tertiary alicyclic amines) is 1. The summed E-state index contributed by atoms with van der Waals surface area (Å²) in [5.74, 6) is 0.229. The monoisotopic (exact) mass is 480 g/mol. The minimum Gasteiger partial charge on any atom is -0.444 e. The number of amides is 1. The molecule has 11 heteroatoms. The number of nitrogens with one attached hydrogen (secondary N) is 4. The van der Waals surface area contributed by atoms with E-state index in [2.05, 4.69) is 20.6 Å². The van der Waals surface area contributed by atoms with E-state index in [-0.39, 0.29) is 29.5 Å². The number of hydrogen-bond donors (Lipinski definition) is 4. The van der Waals surface area contributed by atoms with Gasteiger partial charge in [-0.2, -0.15) is 0 Å². The van der Waals surface area contributed by atoms with Crippen molar-refractivity contribution in [3.05, 3.63) is 49.9 Å². The summed E-state index contributed by atoms with van der Waals surface area (Å²) in [5.41, 5.74) is 0.258. The maximum Gasteiger partial charge on any atom is 0.410 e. The van der Waals surface area contributed by atoms with Crippen molar-refractivity contribution in [2.24, 2.45) is 0 Å². The lowest BCUT2D eigenvalue weighted by Gasteiger charge is -2.24. The first-order chi connectivity index (χ1) is 15.1. The fraction of sp³-hybridized carbons (Fsp3) is 0.429. The second-order valence-corrected chi connectivity index (χ2v) is 9.29. The molecule has 1 unspecified atom stereocenters. The van der Waals surface area contributed by atoms with Gasteiger partial charge in [0, 0.05) is 31.9 Å². The number of anilines is 2. The van der Waals surface area contributed by atoms with Crippen LogP contribution < -0.4 is 16.2 Å². The third-order valence-corrected chi connectivity index (χ3v) is 5.46. The van der Waals surface area contributed by atoms with Gasteiger partial charge < -0.3 is 25.7 Å². The van der Waals surface area contributed by atoms with Gasteiger partial charge in [-0.25, -0.2) is 9.78 Å². The van der Waals surface area contributed by atoms with Gasteiger partial charge in [-0.05, 0) is 44.9 Å². The highest BCUT2D eigenvalue weighted by Gasteiger charge is 2.30. The van der Waals surface area contributed by atoms with E-state index < -0.39 is 11.2 Å². The number of rotatable bonds is 6. The molecule has 1 fully saturated rings. The molecule has 0 saturated carbocycles. The highest BCUT2D eigenvalue weighted by atomic mass is 35.5. The summed E-state index contributed by atoms with van der Waals surface area (Å²) in [6, 6.07) is 5.07. The lowest BCUT2D eigenvalue weighted by Crippen LogP contribution is -2.37. The van der Waals surface area contributed by atoms with E-state index >= 15 is 0 Å². The molecule has 172 valence electrons. The van der Waals surface area contributed by atoms with E-state index in [1.165, 1.54) is 0 Å². The third-order valence-electron chi connectivity index (χ3n) is 4.72. The van der Waals surface area contributed by atoms with Gasteiger partial charge in [0.25, 0.3) is 5.56 Å². The van der Waals surface area contributed by atoms with Crippen LogP contribution >= 0.6 is 23.2 Å². The number of H-pyrrole nitrogens is 1. The molecule has 32 heavy (non-hydrogen) atoms. The van der Waals surface area contributed by atoms with Crippen LogP contribution in [0.3, 0.4) is 0 Å².